The Kier molecular flexibility index (Phi) is 13.3. The summed E-state index contributed by atoms with van der Waals surface area (Å²) in [5.74, 6) is -4.55. The molecule has 2 unspecified atom stereocenters. The normalized spacial score (nSPS) is 13.6. The third-order valence-corrected chi connectivity index (χ3v) is 5.19. The number of hydrogen-bond donors (Lipinski definition) is 4. The Balaban J connectivity index is 0.000000869. The van der Waals surface area contributed by atoms with Crippen molar-refractivity contribution in [3.05, 3.63) is 24.8 Å². The highest BCUT2D eigenvalue weighted by atomic mass is 31.2. The van der Waals surface area contributed by atoms with E-state index in [9.17, 15) is 28.6 Å². The first-order chi connectivity index (χ1) is 18.5. The molecule has 0 fully saturated rings. The molecule has 0 aromatic carbocycles. The fourth-order valence-electron chi connectivity index (χ4n) is 2.69. The average Bonchev–Trinajstić information content (AvgIpc) is 3.23. The number of hydrogen-bond acceptors (Lipinski definition) is 13. The van der Waals surface area contributed by atoms with Crippen LogP contribution < -0.4 is 5.73 Å². The van der Waals surface area contributed by atoms with Crippen LogP contribution in [0.5, 0.6) is 0 Å². The molecule has 0 amide bonds. The highest BCUT2D eigenvalue weighted by Crippen LogP contribution is 2.44. The maximum absolute atomic E-state index is 12.5. The SMILES string of the molecule is CC(C)OC(=O)C(OP(=O)(O)COC(C)Cn1cnc2c(N)ncnc21)C(=O)OC(C)C.O=C(O)/C=C/C(=O)O. The van der Waals surface area contributed by atoms with Gasteiger partial charge in [-0.05, 0) is 34.6 Å². The third-order valence-electron chi connectivity index (χ3n) is 4.18. The average molecular weight is 589 g/mol. The molecule has 5 N–H and O–H groups in total. The number of carboxylic acids is 2. The second-order valence-corrected chi connectivity index (χ2v) is 10.3. The van der Waals surface area contributed by atoms with Crippen molar-refractivity contribution in [1.82, 2.24) is 19.5 Å². The predicted molar refractivity (Wildman–Crippen MR) is 137 cm³/mol. The second kappa shape index (κ2) is 15.6. The number of esters is 2. The zero-order valence-electron chi connectivity index (χ0n) is 22.4. The van der Waals surface area contributed by atoms with Crippen LogP contribution in [0.4, 0.5) is 5.82 Å². The quantitative estimate of drug-likeness (QED) is 0.110. The highest BCUT2D eigenvalue weighted by molar-refractivity contribution is 7.52. The summed E-state index contributed by atoms with van der Waals surface area (Å²) in [6.45, 7) is 8.11. The Morgan fingerprint density at radius 2 is 1.50 bits per heavy atom. The number of carboxylic acid groups (broad SMARTS) is 2. The lowest BCUT2D eigenvalue weighted by Crippen LogP contribution is -2.38. The summed E-state index contributed by atoms with van der Waals surface area (Å²) in [6, 6.07) is 0. The summed E-state index contributed by atoms with van der Waals surface area (Å²) in [7, 11) is -4.54. The Bertz CT molecular complexity index is 1220. The first-order valence-electron chi connectivity index (χ1n) is 11.6. The van der Waals surface area contributed by atoms with Crippen molar-refractivity contribution in [1.29, 1.82) is 0 Å². The number of carbonyl (C=O) groups excluding carboxylic acids is 2. The fraction of sp³-hybridized carbons (Fsp3) is 0.500. The van der Waals surface area contributed by atoms with Gasteiger partial charge < -0.3 is 39.6 Å². The van der Waals surface area contributed by atoms with E-state index in [0.717, 1.165) is 0 Å². The van der Waals surface area contributed by atoms with Gasteiger partial charge in [0.1, 0.15) is 18.2 Å². The molecule has 40 heavy (non-hydrogen) atoms. The molecule has 2 rings (SSSR count). The Morgan fingerprint density at radius 3 is 1.98 bits per heavy atom. The minimum Gasteiger partial charge on any atom is -0.478 e. The molecule has 0 spiro atoms. The molecule has 2 atom stereocenters. The van der Waals surface area contributed by atoms with Crippen LogP contribution in [0.2, 0.25) is 0 Å². The van der Waals surface area contributed by atoms with Gasteiger partial charge in [-0.2, -0.15) is 0 Å². The van der Waals surface area contributed by atoms with Crippen molar-refractivity contribution >= 4 is 48.5 Å². The first kappa shape index (κ1) is 34.1. The second-order valence-electron chi connectivity index (χ2n) is 8.54. The van der Waals surface area contributed by atoms with E-state index in [4.69, 9.17) is 34.7 Å². The molecule has 2 aromatic rings. The molecule has 2 aromatic heterocycles. The van der Waals surface area contributed by atoms with Gasteiger partial charge in [-0.25, -0.2) is 34.1 Å². The minimum atomic E-state index is -4.54. The van der Waals surface area contributed by atoms with E-state index in [-0.39, 0.29) is 12.4 Å². The summed E-state index contributed by atoms with van der Waals surface area (Å²) >= 11 is 0. The lowest BCUT2D eigenvalue weighted by atomic mass is 10.3. The van der Waals surface area contributed by atoms with Crippen LogP contribution >= 0.6 is 7.60 Å². The van der Waals surface area contributed by atoms with Gasteiger partial charge >= 0.3 is 31.5 Å². The van der Waals surface area contributed by atoms with E-state index in [0.29, 0.717) is 23.3 Å². The van der Waals surface area contributed by atoms with Gasteiger partial charge in [0.2, 0.25) is 0 Å². The van der Waals surface area contributed by atoms with Crippen molar-refractivity contribution in [2.45, 2.75) is 65.6 Å². The summed E-state index contributed by atoms with van der Waals surface area (Å²) in [4.78, 5) is 65.8. The van der Waals surface area contributed by atoms with Crippen LogP contribution in [0.3, 0.4) is 0 Å². The topological polar surface area (TPSA) is 253 Å². The van der Waals surface area contributed by atoms with Crippen LogP contribution in [0.25, 0.3) is 11.2 Å². The summed E-state index contributed by atoms with van der Waals surface area (Å²) in [5, 5.41) is 15.6. The molecular formula is C22H32N5O12P. The minimum absolute atomic E-state index is 0.223. The number of fused-ring (bicyclic) bond motifs is 1. The lowest BCUT2D eigenvalue weighted by Gasteiger charge is -2.22. The third kappa shape index (κ3) is 12.3. The van der Waals surface area contributed by atoms with Gasteiger partial charge in [0.15, 0.2) is 11.5 Å². The number of aromatic nitrogens is 4. The standard InChI is InChI=1S/C18H28N5O8P.C4H4O4/c1-10(2)29-17(24)14(18(25)30-11(3)4)31-32(26,27)9-28-12(5)6-23-8-22-13-15(19)20-7-21-16(13)23;5-3(6)1-2-4(7)8/h7-8,10-12,14H,6,9H2,1-5H3,(H,26,27)(H2,19,20,21);1-2H,(H,5,6)(H,7,8)/b;2-1+. The first-order valence-corrected chi connectivity index (χ1v) is 13.4. The Hall–Kier alpha value is -3.92. The molecular weight excluding hydrogens is 557 g/mol. The summed E-state index contributed by atoms with van der Waals surface area (Å²) in [6.07, 6.45) is -0.629. The van der Waals surface area contributed by atoms with E-state index >= 15 is 0 Å². The number of anilines is 1. The number of carbonyl (C=O) groups is 4. The van der Waals surface area contributed by atoms with Crippen molar-refractivity contribution in [3.63, 3.8) is 0 Å². The molecule has 2 heterocycles. The van der Waals surface area contributed by atoms with Crippen LogP contribution in [-0.4, -0.2) is 89.3 Å². The fourth-order valence-corrected chi connectivity index (χ4v) is 3.70. The molecule has 0 aliphatic heterocycles. The van der Waals surface area contributed by atoms with Gasteiger partial charge in [-0.15, -0.1) is 0 Å². The van der Waals surface area contributed by atoms with E-state index < -0.39 is 62.2 Å². The molecule has 0 aliphatic rings. The van der Waals surface area contributed by atoms with Gasteiger partial charge in [0.05, 0.1) is 31.2 Å². The van der Waals surface area contributed by atoms with Crippen LogP contribution in [0, 0.1) is 0 Å². The van der Waals surface area contributed by atoms with E-state index in [2.05, 4.69) is 15.0 Å². The van der Waals surface area contributed by atoms with Crippen molar-refractivity contribution in [2.75, 3.05) is 12.1 Å². The number of aliphatic carboxylic acids is 2. The van der Waals surface area contributed by atoms with Gasteiger partial charge in [-0.1, -0.05) is 0 Å². The predicted octanol–water partition coefficient (Wildman–Crippen LogP) is 0.957. The number of imidazole rings is 1. The van der Waals surface area contributed by atoms with Crippen molar-refractivity contribution < 1.29 is 57.6 Å². The van der Waals surface area contributed by atoms with Gasteiger partial charge in [-0.3, -0.25) is 9.09 Å². The Labute approximate surface area is 228 Å². The number of rotatable bonds is 13. The highest BCUT2D eigenvalue weighted by Gasteiger charge is 2.39. The number of ether oxygens (including phenoxy) is 3. The molecule has 0 saturated heterocycles. The molecule has 0 saturated carbocycles. The van der Waals surface area contributed by atoms with Gasteiger partial charge in [0.25, 0.3) is 6.10 Å². The number of nitrogen functional groups attached to an aromatic ring is 1. The summed E-state index contributed by atoms with van der Waals surface area (Å²) < 4.78 is 34.4. The lowest BCUT2D eigenvalue weighted by molar-refractivity contribution is -0.171. The zero-order valence-corrected chi connectivity index (χ0v) is 23.3. The smallest absolute Gasteiger partial charge is 0.354 e. The van der Waals surface area contributed by atoms with E-state index in [1.165, 1.54) is 12.7 Å². The zero-order chi connectivity index (χ0) is 30.6. The van der Waals surface area contributed by atoms with Crippen LogP contribution in [0.1, 0.15) is 34.6 Å². The maximum Gasteiger partial charge on any atom is 0.354 e. The largest absolute Gasteiger partial charge is 0.478 e. The summed E-state index contributed by atoms with van der Waals surface area (Å²) in [5.41, 5.74) is 6.65. The number of nitrogens with two attached hydrogens (primary N) is 1. The maximum atomic E-state index is 12.5. The number of nitrogens with zero attached hydrogens (tertiary/aromatic N) is 4. The molecule has 18 heteroatoms. The molecule has 222 valence electrons. The Morgan fingerprint density at radius 1 is 0.975 bits per heavy atom. The molecule has 0 aliphatic carbocycles. The van der Waals surface area contributed by atoms with E-state index in [1.54, 1.807) is 39.2 Å². The molecule has 0 bridgehead atoms. The van der Waals surface area contributed by atoms with Gasteiger partial charge in [0, 0.05) is 12.2 Å². The van der Waals surface area contributed by atoms with Crippen molar-refractivity contribution in [3.8, 4) is 0 Å². The van der Waals surface area contributed by atoms with Crippen molar-refractivity contribution in [2.24, 2.45) is 0 Å². The molecule has 0 radical (unpaired) electrons. The molecule has 17 nitrogen and oxygen atoms in total. The monoisotopic (exact) mass is 589 g/mol. The van der Waals surface area contributed by atoms with Crippen LogP contribution in [0.15, 0.2) is 24.8 Å². The van der Waals surface area contributed by atoms with E-state index in [1.807, 2.05) is 0 Å². The van der Waals surface area contributed by atoms with Crippen LogP contribution in [-0.2, 0) is 49.0 Å².